The van der Waals surface area contributed by atoms with Crippen LogP contribution in [0.2, 0.25) is 0 Å². The fourth-order valence-corrected chi connectivity index (χ4v) is 6.78. The fourth-order valence-electron chi connectivity index (χ4n) is 6.78. The van der Waals surface area contributed by atoms with Gasteiger partial charge in [-0.05, 0) is 94.4 Å². The van der Waals surface area contributed by atoms with Gasteiger partial charge in [0, 0.05) is 46.7 Å². The van der Waals surface area contributed by atoms with Crippen LogP contribution in [0.25, 0.3) is 0 Å². The number of aliphatic hydroxyl groups excluding tert-OH is 1. The average Bonchev–Trinajstić information content (AvgIpc) is 3.75. The van der Waals surface area contributed by atoms with Gasteiger partial charge in [0.05, 0.1) is 11.3 Å². The van der Waals surface area contributed by atoms with Crippen LogP contribution in [-0.4, -0.2) is 48.1 Å². The Balaban J connectivity index is 0.00000190. The first-order valence-corrected chi connectivity index (χ1v) is 15.5. The van der Waals surface area contributed by atoms with Gasteiger partial charge in [-0.3, -0.25) is 4.79 Å². The third kappa shape index (κ3) is 7.81. The minimum Gasteiger partial charge on any atom is -0.412 e. The molecule has 1 saturated carbocycles. The summed E-state index contributed by atoms with van der Waals surface area (Å²) < 4.78 is 0. The van der Waals surface area contributed by atoms with Crippen molar-refractivity contribution in [2.24, 2.45) is 16.3 Å². The molecule has 1 aliphatic carbocycles. The number of aliphatic imine (C=N–C) groups is 1. The molecule has 0 radical (unpaired) electrons. The monoisotopic (exact) mass is 580 g/mol. The normalized spacial score (nSPS) is 22.4. The number of fused-ring (bicyclic) bond motifs is 6. The minimum absolute atomic E-state index is 0. The number of rotatable bonds is 4. The Hall–Kier alpha value is -3.16. The molecule has 4 N–H and O–H groups in total. The number of nitrogens with zero attached hydrogens (tertiary/aromatic N) is 3. The standard InChI is InChI=1S/C33H46N4O2.C2H4.H2O.2H2/c1-5-17-37(25(4)38)28-12-13-29-30(21-28)36-18-16-33(14-15-33)26(22-36)9-7-6-8-23(2)19-27-11-10-24(3)20-31(34-27)35-32(29)39;1-2;;;/h10,12-13,20-21,25-26,38H,2,5-9,11,14-19,22H2,1,3-4H3,(H,35,39);1-2H2;1H2;2*1H/t25?,26-;;;;/m1..../s1. The van der Waals surface area contributed by atoms with Gasteiger partial charge in [-0.1, -0.05) is 37.1 Å². The SMILES string of the molecule is C=C.C=C1CCCC[C@@H]2CN(CCC23CC3)c2cc(N(CCC)C(C)O)ccc2C(=O)NC2=CC(C)=CCC(=N2)C1.O.[HH].[HH]. The van der Waals surface area contributed by atoms with Gasteiger partial charge in [0.2, 0.25) is 0 Å². The van der Waals surface area contributed by atoms with E-state index in [1.54, 1.807) is 0 Å². The largest absolute Gasteiger partial charge is 0.412 e. The molecule has 1 amide bonds. The molecule has 7 nitrogen and oxygen atoms in total. The highest BCUT2D eigenvalue weighted by Gasteiger charge is 2.51. The van der Waals surface area contributed by atoms with E-state index in [9.17, 15) is 9.90 Å². The summed E-state index contributed by atoms with van der Waals surface area (Å²) in [5, 5.41) is 13.7. The van der Waals surface area contributed by atoms with E-state index in [4.69, 9.17) is 4.99 Å². The van der Waals surface area contributed by atoms with Crippen LogP contribution in [0.1, 0.15) is 98.2 Å². The summed E-state index contributed by atoms with van der Waals surface area (Å²) in [6, 6.07) is 6.05. The highest BCUT2D eigenvalue weighted by Crippen LogP contribution is 2.58. The van der Waals surface area contributed by atoms with E-state index in [1.165, 1.54) is 44.1 Å². The molecule has 2 atom stereocenters. The Morgan fingerprint density at radius 2 is 2.02 bits per heavy atom. The summed E-state index contributed by atoms with van der Waals surface area (Å²) in [5.74, 6) is 1.12. The zero-order valence-corrected chi connectivity index (χ0v) is 26.1. The van der Waals surface area contributed by atoms with Crippen molar-refractivity contribution >= 4 is 23.0 Å². The zero-order valence-electron chi connectivity index (χ0n) is 26.1. The third-order valence-electron chi connectivity index (χ3n) is 9.22. The van der Waals surface area contributed by atoms with Crippen molar-refractivity contribution in [1.82, 2.24) is 5.32 Å². The molecule has 1 saturated heterocycles. The quantitative estimate of drug-likeness (QED) is 0.291. The van der Waals surface area contributed by atoms with E-state index in [1.807, 2.05) is 30.0 Å². The number of amides is 1. The van der Waals surface area contributed by atoms with Crippen molar-refractivity contribution in [3.8, 4) is 0 Å². The second-order valence-corrected chi connectivity index (χ2v) is 12.3. The van der Waals surface area contributed by atoms with Gasteiger partial charge in [-0.2, -0.15) is 0 Å². The van der Waals surface area contributed by atoms with Crippen molar-refractivity contribution in [2.75, 3.05) is 29.4 Å². The van der Waals surface area contributed by atoms with Gasteiger partial charge in [-0.15, -0.1) is 13.2 Å². The molecule has 4 bridgehead atoms. The average molecular weight is 581 g/mol. The summed E-state index contributed by atoms with van der Waals surface area (Å²) in [6.45, 7) is 19.1. The van der Waals surface area contributed by atoms with Crippen LogP contribution < -0.4 is 15.1 Å². The van der Waals surface area contributed by atoms with Crippen molar-refractivity contribution < 1.29 is 18.2 Å². The maximum absolute atomic E-state index is 13.9. The molecule has 0 aromatic heterocycles. The molecule has 3 heterocycles. The van der Waals surface area contributed by atoms with Crippen molar-refractivity contribution in [3.63, 3.8) is 0 Å². The van der Waals surface area contributed by atoms with E-state index < -0.39 is 6.23 Å². The Labute approximate surface area is 256 Å². The first-order chi connectivity index (χ1) is 19.8. The molecule has 5 rings (SSSR count). The van der Waals surface area contributed by atoms with Crippen molar-refractivity contribution in [1.29, 1.82) is 0 Å². The van der Waals surface area contributed by atoms with Crippen molar-refractivity contribution in [2.45, 2.75) is 91.2 Å². The Bertz CT molecular complexity index is 1220. The maximum atomic E-state index is 13.9. The topological polar surface area (TPSA) is 99.7 Å². The lowest BCUT2D eigenvalue weighted by atomic mass is 9.78. The van der Waals surface area contributed by atoms with Crippen molar-refractivity contribution in [3.05, 3.63) is 72.6 Å². The second-order valence-electron chi connectivity index (χ2n) is 12.3. The molecule has 3 aliphatic heterocycles. The first kappa shape index (κ1) is 33.3. The van der Waals surface area contributed by atoms with Crippen LogP contribution >= 0.6 is 0 Å². The number of aliphatic hydroxyl groups is 1. The molecule has 1 aromatic carbocycles. The van der Waals surface area contributed by atoms with E-state index in [-0.39, 0.29) is 14.2 Å². The first-order valence-electron chi connectivity index (χ1n) is 15.5. The summed E-state index contributed by atoms with van der Waals surface area (Å²) in [7, 11) is 0. The van der Waals surface area contributed by atoms with Gasteiger partial charge >= 0.3 is 0 Å². The van der Waals surface area contributed by atoms with Gasteiger partial charge in [0.25, 0.3) is 5.91 Å². The molecule has 4 aliphatic rings. The third-order valence-corrected chi connectivity index (χ3v) is 9.22. The lowest BCUT2D eigenvalue weighted by Gasteiger charge is -2.41. The van der Waals surface area contributed by atoms with Crippen LogP contribution in [0.3, 0.4) is 0 Å². The van der Waals surface area contributed by atoms with E-state index in [0.717, 1.165) is 68.0 Å². The molecule has 42 heavy (non-hydrogen) atoms. The number of piperidine rings is 1. The van der Waals surface area contributed by atoms with Crippen LogP contribution in [0.15, 0.2) is 72.0 Å². The molecular weight excluding hydrogens is 524 g/mol. The number of carbonyl (C=O) groups excluding carboxylic acids is 1. The number of anilines is 2. The Morgan fingerprint density at radius 1 is 1.26 bits per heavy atom. The van der Waals surface area contributed by atoms with E-state index in [0.29, 0.717) is 22.7 Å². The van der Waals surface area contributed by atoms with Gasteiger partial charge in [-0.25, -0.2) is 4.99 Å². The Morgan fingerprint density at radius 3 is 2.71 bits per heavy atom. The van der Waals surface area contributed by atoms with Crippen LogP contribution in [0.4, 0.5) is 11.4 Å². The molecule has 234 valence electrons. The highest BCUT2D eigenvalue weighted by atomic mass is 16.3. The number of nitrogens with one attached hydrogen (secondary N) is 1. The fraction of sp³-hybridized carbons (Fsp3) is 0.543. The summed E-state index contributed by atoms with van der Waals surface area (Å²) in [5.41, 5.74) is 6.50. The van der Waals surface area contributed by atoms with E-state index in [2.05, 4.69) is 55.9 Å². The lowest BCUT2D eigenvalue weighted by molar-refractivity contribution is 0.0965. The maximum Gasteiger partial charge on any atom is 0.258 e. The number of hydrogen-bond donors (Lipinski definition) is 2. The second kappa shape index (κ2) is 14.8. The molecule has 2 fully saturated rings. The number of carbonyl (C=O) groups is 1. The van der Waals surface area contributed by atoms with Crippen LogP contribution in [-0.2, 0) is 0 Å². The van der Waals surface area contributed by atoms with E-state index >= 15 is 0 Å². The number of benzene rings is 1. The number of allylic oxidation sites excluding steroid dienone is 4. The number of hydrogen-bond acceptors (Lipinski definition) is 5. The van der Waals surface area contributed by atoms with Gasteiger partial charge in [0.1, 0.15) is 12.0 Å². The predicted octanol–water partition coefficient (Wildman–Crippen LogP) is 7.20. The zero-order chi connectivity index (χ0) is 29.6. The molecule has 1 unspecified atom stereocenters. The smallest absolute Gasteiger partial charge is 0.258 e. The summed E-state index contributed by atoms with van der Waals surface area (Å²) in [6.07, 6.45) is 14.6. The summed E-state index contributed by atoms with van der Waals surface area (Å²) >= 11 is 0. The van der Waals surface area contributed by atoms with Gasteiger partial charge in [0.15, 0.2) is 0 Å². The molecule has 1 aromatic rings. The summed E-state index contributed by atoms with van der Waals surface area (Å²) in [4.78, 5) is 23.2. The predicted molar refractivity (Wildman–Crippen MR) is 180 cm³/mol. The minimum atomic E-state index is -0.597. The molecule has 1 spiro atoms. The highest BCUT2D eigenvalue weighted by molar-refractivity contribution is 6.02. The van der Waals surface area contributed by atoms with Crippen LogP contribution in [0, 0.1) is 11.3 Å². The lowest BCUT2D eigenvalue weighted by Crippen LogP contribution is -2.43. The van der Waals surface area contributed by atoms with Crippen LogP contribution in [0.5, 0.6) is 0 Å². The molecular formula is C35H56N4O3. The molecule has 7 heteroatoms. The van der Waals surface area contributed by atoms with Gasteiger partial charge < -0.3 is 25.7 Å². The Kier molecular flexibility index (Phi) is 11.8.